The number of allylic oxidation sites excluding steroid dienone is 12. The average molecular weight is 889 g/mol. The molecule has 2 aliphatic carbocycles. The summed E-state index contributed by atoms with van der Waals surface area (Å²) >= 11 is 12.6. The third kappa shape index (κ3) is 6.97. The molecule has 60 heavy (non-hydrogen) atoms. The van der Waals surface area contributed by atoms with Gasteiger partial charge in [-0.2, -0.15) is 0 Å². The molecule has 1 aromatic rings. The summed E-state index contributed by atoms with van der Waals surface area (Å²) in [4.78, 5) is 74.5. The maximum Gasteiger partial charge on any atom is 0.305 e. The monoisotopic (exact) mass is 888 g/mol. The van der Waals surface area contributed by atoms with Crippen LogP contribution in [0.4, 0.5) is 11.4 Å². The Morgan fingerprint density at radius 1 is 0.733 bits per heavy atom. The normalized spacial score (nSPS) is 24.9. The van der Waals surface area contributed by atoms with Gasteiger partial charge in [-0.3, -0.25) is 39.0 Å². The van der Waals surface area contributed by atoms with Crippen LogP contribution in [0.1, 0.15) is 51.7 Å². The van der Waals surface area contributed by atoms with Gasteiger partial charge in [0, 0.05) is 60.8 Å². The van der Waals surface area contributed by atoms with Crippen LogP contribution in [-0.4, -0.2) is 102 Å². The zero-order valence-electron chi connectivity index (χ0n) is 33.3. The molecule has 18 heteroatoms. The van der Waals surface area contributed by atoms with Crippen LogP contribution >= 0.6 is 48.0 Å². The molecular weight excluding hydrogens is 849 g/mol. The Labute approximate surface area is 364 Å². The second-order valence-corrected chi connectivity index (χ2v) is 19.1. The first-order chi connectivity index (χ1) is 28.2. The fourth-order valence-electron chi connectivity index (χ4n) is 8.02. The summed E-state index contributed by atoms with van der Waals surface area (Å²) in [6, 6.07) is 4.18. The third-order valence-corrected chi connectivity index (χ3v) is 14.3. The van der Waals surface area contributed by atoms with Crippen molar-refractivity contribution >= 4 is 97.3 Å². The molecule has 14 nitrogen and oxygen atoms in total. The lowest BCUT2D eigenvalue weighted by Crippen LogP contribution is -2.30. The van der Waals surface area contributed by atoms with Crippen LogP contribution < -0.4 is 9.80 Å². The Morgan fingerprint density at radius 2 is 1.17 bits per heavy atom. The number of aliphatic hydroxyl groups is 2. The number of ketones is 2. The van der Waals surface area contributed by atoms with Crippen LogP contribution in [0.15, 0.2) is 104 Å². The van der Waals surface area contributed by atoms with E-state index >= 15 is 0 Å². The van der Waals surface area contributed by atoms with Gasteiger partial charge in [0.25, 0.3) is 11.8 Å². The Hall–Kier alpha value is -5.11. The molecule has 0 saturated carbocycles. The highest BCUT2D eigenvalue weighted by Crippen LogP contribution is 2.56. The van der Waals surface area contributed by atoms with Crippen molar-refractivity contribution in [2.45, 2.75) is 51.4 Å². The molecule has 0 atom stereocenters. The van der Waals surface area contributed by atoms with Gasteiger partial charge in [0.05, 0.1) is 45.1 Å². The van der Waals surface area contributed by atoms with E-state index in [4.69, 9.17) is 34.8 Å². The lowest BCUT2D eigenvalue weighted by atomic mass is 9.76. The molecule has 1 aromatic carbocycles. The van der Waals surface area contributed by atoms with Gasteiger partial charge in [0.2, 0.25) is 11.6 Å². The summed E-state index contributed by atoms with van der Waals surface area (Å²) in [5.74, 6) is -2.98. The molecule has 0 spiro atoms. The van der Waals surface area contributed by atoms with E-state index in [1.807, 2.05) is 51.6 Å². The van der Waals surface area contributed by atoms with Crippen LogP contribution in [0.2, 0.25) is 0 Å². The van der Waals surface area contributed by atoms with Crippen LogP contribution in [0.25, 0.3) is 0 Å². The van der Waals surface area contributed by atoms with Crippen LogP contribution in [0.3, 0.4) is 0 Å². The van der Waals surface area contributed by atoms with E-state index in [0.29, 0.717) is 15.6 Å². The molecule has 2 amide bonds. The number of aliphatic carboxylic acids is 1. The fraction of sp³-hybridized carbons (Fsp3) is 0.310. The predicted molar refractivity (Wildman–Crippen MR) is 236 cm³/mol. The second-order valence-electron chi connectivity index (χ2n) is 15.7. The highest BCUT2D eigenvalue weighted by molar-refractivity contribution is 8.27. The molecule has 0 radical (unpaired) electrons. The molecule has 312 valence electrons. The lowest BCUT2D eigenvalue weighted by molar-refractivity contribution is -0.242. The van der Waals surface area contributed by atoms with Gasteiger partial charge in [-0.1, -0.05) is 75.7 Å². The van der Waals surface area contributed by atoms with Crippen LogP contribution in [-0.2, 0) is 39.7 Å². The molecular formula is C42H40N4O10S4. The average Bonchev–Trinajstić information content (AvgIpc) is 3.76. The molecule has 4 heterocycles. The topological polar surface area (TPSA) is 188 Å². The summed E-state index contributed by atoms with van der Waals surface area (Å²) in [5, 5.41) is 39.6. The van der Waals surface area contributed by atoms with Crippen molar-refractivity contribution in [3.05, 3.63) is 115 Å². The van der Waals surface area contributed by atoms with E-state index < -0.39 is 28.5 Å². The first-order valence-corrected chi connectivity index (χ1v) is 21.1. The Kier molecular flexibility index (Phi) is 11.3. The second kappa shape index (κ2) is 15.7. The number of nitrogens with zero attached hydrogens (tertiary/aromatic N) is 4. The molecule has 2 saturated heterocycles. The van der Waals surface area contributed by atoms with Crippen molar-refractivity contribution in [3.8, 4) is 0 Å². The fourth-order valence-corrected chi connectivity index (χ4v) is 10.5. The standard InChI is InChI=1S/C42H40N4O10S4/c1-41(2)24-18-25-27(19-26(24)43(5)30(41)16-22-33(49)20(34(22)50)8-10-28-37(53)45(39(57)59-28)13-7-15-56-55)44(6)31(42(25,3)4)17-23-35(51)21(36(23)52)9-11-29-38(54)46(40(58)60-29)14-12-32(47)48/h8-11,16-19,49,51,55H,7,12-15H2,1-6H3,(H,47,48)/b20-8?,21-9?,28-10-,29-11-,30-16?,31-17?. The van der Waals surface area contributed by atoms with Gasteiger partial charge in [0.1, 0.15) is 20.2 Å². The summed E-state index contributed by atoms with van der Waals surface area (Å²) in [6.45, 7) is 8.41. The summed E-state index contributed by atoms with van der Waals surface area (Å²) in [5.41, 5.74) is 4.54. The number of carbonyl (C=O) groups excluding carboxylic acids is 4. The summed E-state index contributed by atoms with van der Waals surface area (Å²) in [6.07, 6.45) is 9.19. The number of Topliss-reactive ketones (excluding diaryl/α,β-unsaturated/α-hetero) is 2. The van der Waals surface area contributed by atoms with Crippen molar-refractivity contribution < 1.29 is 49.4 Å². The first kappa shape index (κ1) is 43.0. The van der Waals surface area contributed by atoms with Crippen LogP contribution in [0.5, 0.6) is 0 Å². The highest BCUT2D eigenvalue weighted by atomic mass is 32.2. The van der Waals surface area contributed by atoms with Crippen LogP contribution in [0, 0.1) is 0 Å². The van der Waals surface area contributed by atoms with E-state index in [-0.39, 0.29) is 80.8 Å². The molecule has 4 N–H and O–H groups in total. The van der Waals surface area contributed by atoms with E-state index in [0.717, 1.165) is 57.4 Å². The maximum atomic E-state index is 13.4. The number of likely N-dealkylation sites (N-methyl/N-ethyl adjacent to an activating group) is 2. The molecule has 0 aromatic heterocycles. The number of aliphatic hydroxyl groups excluding tert-OH is 2. The largest absolute Gasteiger partial charge is 0.506 e. The molecule has 7 rings (SSSR count). The summed E-state index contributed by atoms with van der Waals surface area (Å²) in [7, 11) is 3.78. The van der Waals surface area contributed by atoms with Gasteiger partial charge in [-0.15, -0.1) is 0 Å². The van der Waals surface area contributed by atoms with Gasteiger partial charge in [0.15, 0.2) is 0 Å². The Bertz CT molecular complexity index is 2520. The summed E-state index contributed by atoms with van der Waals surface area (Å²) < 4.78 is 0.572. The molecule has 0 unspecified atom stereocenters. The van der Waals surface area contributed by atoms with Crippen molar-refractivity contribution in [1.29, 1.82) is 0 Å². The van der Waals surface area contributed by atoms with E-state index in [1.165, 1.54) is 34.1 Å². The quantitative estimate of drug-likeness (QED) is 0.0628. The number of thiocarbonyl (C=S) groups is 2. The zero-order chi connectivity index (χ0) is 43.7. The first-order valence-electron chi connectivity index (χ1n) is 18.7. The minimum atomic E-state index is -1.06. The number of benzene rings is 1. The highest BCUT2D eigenvalue weighted by Gasteiger charge is 2.47. The molecule has 4 aliphatic heterocycles. The van der Waals surface area contributed by atoms with Gasteiger partial charge in [-0.25, -0.2) is 4.89 Å². The number of anilines is 2. The predicted octanol–water partition coefficient (Wildman–Crippen LogP) is 6.39. The maximum absolute atomic E-state index is 13.4. The number of hydrogen-bond donors (Lipinski definition) is 4. The van der Waals surface area contributed by atoms with Gasteiger partial charge >= 0.3 is 5.97 Å². The number of carboxylic acids is 1. The number of carbonyl (C=O) groups is 5. The molecule has 6 aliphatic rings. The van der Waals surface area contributed by atoms with Crippen molar-refractivity contribution in [1.82, 2.24) is 9.80 Å². The van der Waals surface area contributed by atoms with Crippen molar-refractivity contribution in [3.63, 3.8) is 0 Å². The number of amides is 2. The molecule has 0 bridgehead atoms. The minimum absolute atomic E-state index is 0.0439. The van der Waals surface area contributed by atoms with Gasteiger partial charge < -0.3 is 25.1 Å². The number of rotatable bonds is 11. The number of hydrogen-bond acceptors (Lipinski definition) is 15. The number of fused-ring (bicyclic) bond motifs is 2. The van der Waals surface area contributed by atoms with Crippen molar-refractivity contribution in [2.24, 2.45) is 0 Å². The van der Waals surface area contributed by atoms with Gasteiger partial charge in [-0.05, 0) is 66.1 Å². The molecule has 2 fully saturated rings. The van der Waals surface area contributed by atoms with E-state index in [1.54, 1.807) is 12.2 Å². The lowest BCUT2D eigenvalue weighted by Gasteiger charge is -2.28. The van der Waals surface area contributed by atoms with Crippen molar-refractivity contribution in [2.75, 3.05) is 43.6 Å². The Balaban J connectivity index is 1.11. The van der Waals surface area contributed by atoms with E-state index in [2.05, 4.69) is 17.0 Å². The Morgan fingerprint density at radius 3 is 1.57 bits per heavy atom. The number of carboxylic acid groups (broad SMARTS) is 1. The smallest absolute Gasteiger partial charge is 0.305 e. The van der Waals surface area contributed by atoms with E-state index in [9.17, 15) is 34.2 Å². The third-order valence-electron chi connectivity index (χ3n) is 11.5. The SMILES string of the molecule is CN1C(=CC2=C(O)C(=C/C=C3\SC(=S)N(CCCOO)C3=O)C2=O)C(C)(C)c2cc3c(cc21)N(C)C(=CC1=C(O)C(=C/C=C2\SC(=S)N(CCC(=O)O)C2=O)C1=O)C3(C)C. The minimum Gasteiger partial charge on any atom is -0.506 e. The zero-order valence-corrected chi connectivity index (χ0v) is 36.6. The number of thioether (sulfide) groups is 2.